The van der Waals surface area contributed by atoms with Crippen LogP contribution in [0, 0.1) is 0 Å². The summed E-state index contributed by atoms with van der Waals surface area (Å²) >= 11 is 0. The van der Waals surface area contributed by atoms with Crippen molar-refractivity contribution in [2.75, 3.05) is 0 Å². The molecule has 0 aliphatic carbocycles. The van der Waals surface area contributed by atoms with E-state index >= 15 is 0 Å². The first-order valence-corrected chi connectivity index (χ1v) is 4.47. The van der Waals surface area contributed by atoms with Gasteiger partial charge in [-0.2, -0.15) is 0 Å². The minimum atomic E-state index is -1.31. The van der Waals surface area contributed by atoms with Crippen LogP contribution in [0.4, 0.5) is 0 Å². The molecule has 0 saturated heterocycles. The third-order valence-corrected chi connectivity index (χ3v) is 1.79. The molecule has 0 unspecified atom stereocenters. The minimum absolute atomic E-state index is 0. The Balaban J connectivity index is 0. The fourth-order valence-corrected chi connectivity index (χ4v) is 1.13. The summed E-state index contributed by atoms with van der Waals surface area (Å²) in [6.45, 7) is 0. The van der Waals surface area contributed by atoms with Gasteiger partial charge in [-0.25, -0.2) is 0 Å². The van der Waals surface area contributed by atoms with Crippen LogP contribution in [0.1, 0.15) is 11.1 Å². The van der Waals surface area contributed by atoms with Crippen LogP contribution in [-0.4, -0.2) is 11.9 Å². The van der Waals surface area contributed by atoms with E-state index in [1.54, 1.807) is 24.3 Å². The Morgan fingerprint density at radius 1 is 0.833 bits per heavy atom. The molecule has 0 atom stereocenters. The monoisotopic (exact) mass is 230 g/mol. The molecule has 18 heavy (non-hydrogen) atoms. The molecule has 4 nitrogen and oxygen atoms in total. The average Bonchev–Trinajstić information content (AvgIpc) is 2.24. The number of aliphatic carboxylic acids is 2. The summed E-state index contributed by atoms with van der Waals surface area (Å²) in [6.07, 6.45) is 4.44. The largest absolute Gasteiger partial charge is 1.00 e. The average molecular weight is 230 g/mol. The molecule has 0 aliphatic heterocycles. The summed E-state index contributed by atoms with van der Waals surface area (Å²) < 4.78 is 0. The SMILES string of the molecule is O=C([O-])C=Cc1ccccc1C=CC(=O)[O-].[Li+].[Li+]. The Bertz CT molecular complexity index is 424. The third-order valence-electron chi connectivity index (χ3n) is 1.79. The number of carbonyl (C=O) groups excluding carboxylic acids is 2. The van der Waals surface area contributed by atoms with E-state index in [1.807, 2.05) is 0 Å². The van der Waals surface area contributed by atoms with Gasteiger partial charge in [-0.1, -0.05) is 36.4 Å². The molecule has 0 bridgehead atoms. The molecule has 0 aromatic heterocycles. The van der Waals surface area contributed by atoms with Crippen molar-refractivity contribution in [2.45, 2.75) is 0 Å². The van der Waals surface area contributed by atoms with E-state index in [9.17, 15) is 19.8 Å². The van der Waals surface area contributed by atoms with E-state index < -0.39 is 11.9 Å². The quantitative estimate of drug-likeness (QED) is 0.380. The minimum Gasteiger partial charge on any atom is -0.545 e. The molecular formula is C12H8Li2O4. The van der Waals surface area contributed by atoms with Crippen LogP contribution < -0.4 is 47.9 Å². The van der Waals surface area contributed by atoms with Gasteiger partial charge in [0.2, 0.25) is 0 Å². The molecule has 0 saturated carbocycles. The number of rotatable bonds is 4. The van der Waals surface area contributed by atoms with E-state index in [1.165, 1.54) is 12.2 Å². The summed E-state index contributed by atoms with van der Waals surface area (Å²) in [7, 11) is 0. The number of benzene rings is 1. The summed E-state index contributed by atoms with van der Waals surface area (Å²) in [4.78, 5) is 20.5. The Hall–Kier alpha value is -1.17. The Morgan fingerprint density at radius 3 is 1.44 bits per heavy atom. The molecule has 1 rings (SSSR count). The molecule has 0 N–H and O–H groups in total. The van der Waals surface area contributed by atoms with Crippen LogP contribution in [0.25, 0.3) is 12.2 Å². The van der Waals surface area contributed by atoms with Crippen molar-refractivity contribution in [1.82, 2.24) is 0 Å². The normalized spacial score (nSPS) is 9.78. The maximum Gasteiger partial charge on any atom is 1.00 e. The molecule has 0 radical (unpaired) electrons. The number of carboxylic acids is 2. The Morgan fingerprint density at radius 2 is 1.17 bits per heavy atom. The first-order valence-electron chi connectivity index (χ1n) is 4.47. The van der Waals surface area contributed by atoms with Gasteiger partial charge in [0.25, 0.3) is 0 Å². The molecule has 0 fully saturated rings. The molecule has 0 spiro atoms. The fraction of sp³-hybridized carbons (Fsp3) is 0. The summed E-state index contributed by atoms with van der Waals surface area (Å²) in [5, 5.41) is 20.5. The molecule has 0 aliphatic rings. The zero-order valence-corrected chi connectivity index (χ0v) is 10.3. The van der Waals surface area contributed by atoms with Crippen LogP contribution in [0.3, 0.4) is 0 Å². The molecule has 1 aromatic rings. The zero-order valence-electron chi connectivity index (χ0n) is 10.3. The Kier molecular flexibility index (Phi) is 10.5. The predicted molar refractivity (Wildman–Crippen MR) is 54.5 cm³/mol. The molecule has 6 heteroatoms. The first kappa shape index (κ1) is 19.2. The van der Waals surface area contributed by atoms with Crippen LogP contribution in [0.5, 0.6) is 0 Å². The van der Waals surface area contributed by atoms with Crippen LogP contribution >= 0.6 is 0 Å². The van der Waals surface area contributed by atoms with E-state index in [4.69, 9.17) is 0 Å². The van der Waals surface area contributed by atoms with Crippen molar-refractivity contribution >= 4 is 24.1 Å². The van der Waals surface area contributed by atoms with Gasteiger partial charge in [-0.3, -0.25) is 0 Å². The summed E-state index contributed by atoms with van der Waals surface area (Å²) in [5.41, 5.74) is 1.17. The predicted octanol–water partition coefficient (Wildman–Crippen LogP) is -6.78. The zero-order chi connectivity index (χ0) is 12.0. The second-order valence-electron chi connectivity index (χ2n) is 2.93. The summed E-state index contributed by atoms with van der Waals surface area (Å²) in [6, 6.07) is 6.75. The number of carbonyl (C=O) groups is 2. The Labute approximate surface area is 129 Å². The number of carboxylic acid groups (broad SMARTS) is 2. The second kappa shape index (κ2) is 9.82. The topological polar surface area (TPSA) is 80.3 Å². The first-order chi connectivity index (χ1) is 7.59. The van der Waals surface area contributed by atoms with Gasteiger partial charge in [0.05, 0.1) is 11.9 Å². The van der Waals surface area contributed by atoms with Crippen molar-refractivity contribution in [3.63, 3.8) is 0 Å². The van der Waals surface area contributed by atoms with Crippen molar-refractivity contribution < 1.29 is 57.5 Å². The van der Waals surface area contributed by atoms with E-state index in [0.717, 1.165) is 12.2 Å². The summed E-state index contributed by atoms with van der Waals surface area (Å²) in [5.74, 6) is -2.61. The van der Waals surface area contributed by atoms with E-state index in [0.29, 0.717) is 11.1 Å². The van der Waals surface area contributed by atoms with Crippen LogP contribution in [-0.2, 0) is 9.59 Å². The fourth-order valence-electron chi connectivity index (χ4n) is 1.13. The van der Waals surface area contributed by atoms with Gasteiger partial charge in [0, 0.05) is 0 Å². The van der Waals surface area contributed by atoms with Crippen molar-refractivity contribution in [3.05, 3.63) is 47.5 Å². The number of hydrogen-bond donors (Lipinski definition) is 0. The molecular weight excluding hydrogens is 222 g/mol. The van der Waals surface area contributed by atoms with Crippen LogP contribution in [0.2, 0.25) is 0 Å². The van der Waals surface area contributed by atoms with Gasteiger partial charge in [0.15, 0.2) is 0 Å². The van der Waals surface area contributed by atoms with Crippen molar-refractivity contribution in [1.29, 1.82) is 0 Å². The van der Waals surface area contributed by atoms with Gasteiger partial charge in [0.1, 0.15) is 0 Å². The van der Waals surface area contributed by atoms with E-state index in [2.05, 4.69) is 0 Å². The van der Waals surface area contributed by atoms with Gasteiger partial charge < -0.3 is 19.8 Å². The number of hydrogen-bond acceptors (Lipinski definition) is 4. The van der Waals surface area contributed by atoms with Crippen molar-refractivity contribution in [3.8, 4) is 0 Å². The van der Waals surface area contributed by atoms with Crippen molar-refractivity contribution in [2.24, 2.45) is 0 Å². The second-order valence-corrected chi connectivity index (χ2v) is 2.93. The van der Waals surface area contributed by atoms with E-state index in [-0.39, 0.29) is 37.7 Å². The maximum atomic E-state index is 10.2. The molecule has 82 valence electrons. The van der Waals surface area contributed by atoms with Gasteiger partial charge in [-0.05, 0) is 23.3 Å². The standard InChI is InChI=1S/C12H10O4.2Li/c13-11(14)7-5-9-3-1-2-4-10(9)6-8-12(15)16;;/h1-8H,(H,13,14)(H,15,16);;/q;2*+1/p-2. The molecule has 1 aromatic carbocycles. The maximum absolute atomic E-state index is 10.2. The van der Waals surface area contributed by atoms with Gasteiger partial charge >= 0.3 is 37.7 Å². The smallest absolute Gasteiger partial charge is 0.545 e. The van der Waals surface area contributed by atoms with Gasteiger partial charge in [-0.15, -0.1) is 0 Å². The molecule has 0 amide bonds. The third kappa shape index (κ3) is 7.22. The van der Waals surface area contributed by atoms with Crippen LogP contribution in [0.15, 0.2) is 36.4 Å². The molecule has 0 heterocycles.